The van der Waals surface area contributed by atoms with Crippen molar-refractivity contribution in [2.75, 3.05) is 38.0 Å². The molecule has 138 valence electrons. The first-order valence-corrected chi connectivity index (χ1v) is 10.0. The largest absolute Gasteiger partial charge is 0.325 e. The highest BCUT2D eigenvalue weighted by Crippen LogP contribution is 2.19. The number of carbonyl (C=O) groups excluding carboxylic acids is 1. The number of amides is 1. The zero-order valence-electron chi connectivity index (χ0n) is 15.2. The fourth-order valence-corrected chi connectivity index (χ4v) is 3.73. The molecule has 1 saturated heterocycles. The van der Waals surface area contributed by atoms with Crippen molar-refractivity contribution in [1.82, 2.24) is 9.80 Å². The summed E-state index contributed by atoms with van der Waals surface area (Å²) in [5.74, 6) is 0.0742. The van der Waals surface area contributed by atoms with Gasteiger partial charge in [-0.2, -0.15) is 0 Å². The summed E-state index contributed by atoms with van der Waals surface area (Å²) in [6.45, 7) is 7.34. The molecule has 1 heterocycles. The van der Waals surface area contributed by atoms with Gasteiger partial charge in [-0.1, -0.05) is 59.3 Å². The lowest BCUT2D eigenvalue weighted by atomic mass is 10.1. The summed E-state index contributed by atoms with van der Waals surface area (Å²) in [5, 5.41) is 3.07. The van der Waals surface area contributed by atoms with Crippen LogP contribution in [0.15, 0.2) is 53.0 Å². The average Bonchev–Trinajstić information content (AvgIpc) is 2.65. The molecule has 0 atom stereocenters. The van der Waals surface area contributed by atoms with E-state index in [2.05, 4.69) is 62.2 Å². The van der Waals surface area contributed by atoms with Crippen molar-refractivity contribution in [2.45, 2.75) is 19.9 Å². The van der Waals surface area contributed by atoms with Gasteiger partial charge < -0.3 is 5.32 Å². The van der Waals surface area contributed by atoms with E-state index in [-0.39, 0.29) is 5.91 Å². The second-order valence-electron chi connectivity index (χ2n) is 6.70. The number of nitrogens with zero attached hydrogens (tertiary/aromatic N) is 2. The number of hydrogen-bond donors (Lipinski definition) is 1. The van der Waals surface area contributed by atoms with Crippen LogP contribution in [0, 0.1) is 0 Å². The Hall–Kier alpha value is -1.69. The van der Waals surface area contributed by atoms with Crippen molar-refractivity contribution in [3.63, 3.8) is 0 Å². The van der Waals surface area contributed by atoms with Gasteiger partial charge in [0.2, 0.25) is 5.91 Å². The van der Waals surface area contributed by atoms with E-state index in [0.29, 0.717) is 6.54 Å². The lowest BCUT2D eigenvalue weighted by molar-refractivity contribution is -0.117. The predicted octanol–water partition coefficient (Wildman–Crippen LogP) is 3.77. The first-order chi connectivity index (χ1) is 12.7. The van der Waals surface area contributed by atoms with Gasteiger partial charge in [-0.15, -0.1) is 0 Å². The number of benzene rings is 2. The number of rotatable bonds is 6. The van der Waals surface area contributed by atoms with Crippen LogP contribution in [0.4, 0.5) is 5.69 Å². The minimum Gasteiger partial charge on any atom is -0.325 e. The van der Waals surface area contributed by atoms with Gasteiger partial charge in [-0.25, -0.2) is 0 Å². The third-order valence-electron chi connectivity index (χ3n) is 4.86. The second kappa shape index (κ2) is 9.31. The van der Waals surface area contributed by atoms with E-state index in [0.717, 1.165) is 49.3 Å². The van der Waals surface area contributed by atoms with Crippen LogP contribution in [0.5, 0.6) is 0 Å². The Bertz CT molecular complexity index is 742. The maximum atomic E-state index is 12.4. The zero-order valence-corrected chi connectivity index (χ0v) is 16.8. The normalized spacial score (nSPS) is 15.8. The Morgan fingerprint density at radius 3 is 2.27 bits per heavy atom. The van der Waals surface area contributed by atoms with Gasteiger partial charge in [0.25, 0.3) is 0 Å². The van der Waals surface area contributed by atoms with Crippen LogP contribution in [-0.2, 0) is 17.8 Å². The first kappa shape index (κ1) is 19.1. The quantitative estimate of drug-likeness (QED) is 0.779. The number of para-hydroxylation sites is 1. The standard InChI is InChI=1S/C21H26BrN3O/c1-2-17-7-4-6-10-20(17)23-21(26)16-25-13-11-24(12-14-25)15-18-8-3-5-9-19(18)22/h3-10H,2,11-16H2,1H3,(H,23,26). The molecular formula is C21H26BrN3O. The molecule has 0 radical (unpaired) electrons. The molecule has 1 fully saturated rings. The van der Waals surface area contributed by atoms with E-state index in [1.165, 1.54) is 11.1 Å². The minimum absolute atomic E-state index is 0.0742. The molecule has 5 heteroatoms. The van der Waals surface area contributed by atoms with Gasteiger partial charge in [0.15, 0.2) is 0 Å². The van der Waals surface area contributed by atoms with E-state index in [4.69, 9.17) is 0 Å². The Morgan fingerprint density at radius 1 is 0.962 bits per heavy atom. The van der Waals surface area contributed by atoms with E-state index in [9.17, 15) is 4.79 Å². The van der Waals surface area contributed by atoms with Crippen molar-refractivity contribution in [2.24, 2.45) is 0 Å². The molecule has 2 aromatic carbocycles. The number of carbonyl (C=O) groups is 1. The van der Waals surface area contributed by atoms with Crippen LogP contribution < -0.4 is 5.32 Å². The summed E-state index contributed by atoms with van der Waals surface area (Å²) >= 11 is 3.62. The molecule has 1 aliphatic rings. The third-order valence-corrected chi connectivity index (χ3v) is 5.63. The maximum absolute atomic E-state index is 12.4. The number of halogens is 1. The molecule has 0 bridgehead atoms. The predicted molar refractivity (Wildman–Crippen MR) is 110 cm³/mol. The molecule has 0 aliphatic carbocycles. The number of piperazine rings is 1. The molecule has 3 rings (SSSR count). The van der Waals surface area contributed by atoms with Crippen molar-refractivity contribution in [3.05, 3.63) is 64.1 Å². The highest BCUT2D eigenvalue weighted by Gasteiger charge is 2.19. The molecule has 4 nitrogen and oxygen atoms in total. The van der Waals surface area contributed by atoms with Crippen molar-refractivity contribution in [3.8, 4) is 0 Å². The van der Waals surface area contributed by atoms with E-state index in [1.807, 2.05) is 24.3 Å². The molecule has 0 aromatic heterocycles. The van der Waals surface area contributed by atoms with E-state index >= 15 is 0 Å². The van der Waals surface area contributed by atoms with E-state index in [1.54, 1.807) is 0 Å². The minimum atomic E-state index is 0.0742. The topological polar surface area (TPSA) is 35.6 Å². The van der Waals surface area contributed by atoms with Crippen LogP contribution in [0.2, 0.25) is 0 Å². The van der Waals surface area contributed by atoms with Crippen LogP contribution in [0.3, 0.4) is 0 Å². The number of anilines is 1. The monoisotopic (exact) mass is 415 g/mol. The van der Waals surface area contributed by atoms with Gasteiger partial charge in [0, 0.05) is 42.9 Å². The van der Waals surface area contributed by atoms with Crippen LogP contribution >= 0.6 is 15.9 Å². The highest BCUT2D eigenvalue weighted by atomic mass is 79.9. The fraction of sp³-hybridized carbons (Fsp3) is 0.381. The van der Waals surface area contributed by atoms with Crippen molar-refractivity contribution < 1.29 is 4.79 Å². The molecule has 26 heavy (non-hydrogen) atoms. The zero-order chi connectivity index (χ0) is 18.4. The Morgan fingerprint density at radius 2 is 1.58 bits per heavy atom. The van der Waals surface area contributed by atoms with Crippen LogP contribution in [0.25, 0.3) is 0 Å². The van der Waals surface area contributed by atoms with Crippen LogP contribution in [0.1, 0.15) is 18.1 Å². The summed E-state index contributed by atoms with van der Waals surface area (Å²) in [6.07, 6.45) is 0.921. The van der Waals surface area contributed by atoms with Gasteiger partial charge in [0.1, 0.15) is 0 Å². The fourth-order valence-electron chi connectivity index (χ4n) is 3.32. The smallest absolute Gasteiger partial charge is 0.238 e. The summed E-state index contributed by atoms with van der Waals surface area (Å²) in [4.78, 5) is 17.1. The third kappa shape index (κ3) is 5.16. The molecule has 1 amide bonds. The van der Waals surface area contributed by atoms with Crippen molar-refractivity contribution >= 4 is 27.5 Å². The molecule has 1 N–H and O–H groups in total. The summed E-state index contributed by atoms with van der Waals surface area (Å²) < 4.78 is 1.16. The second-order valence-corrected chi connectivity index (χ2v) is 7.56. The Kier molecular flexibility index (Phi) is 6.83. The number of aryl methyl sites for hydroxylation is 1. The molecular weight excluding hydrogens is 390 g/mol. The van der Waals surface area contributed by atoms with Crippen LogP contribution in [-0.4, -0.2) is 48.4 Å². The van der Waals surface area contributed by atoms with E-state index < -0.39 is 0 Å². The molecule has 0 saturated carbocycles. The summed E-state index contributed by atoms with van der Waals surface area (Å²) in [5.41, 5.74) is 3.43. The molecule has 0 spiro atoms. The summed E-state index contributed by atoms with van der Waals surface area (Å²) in [7, 11) is 0. The SMILES string of the molecule is CCc1ccccc1NC(=O)CN1CCN(Cc2ccccc2Br)CC1. The van der Waals surface area contributed by atoms with Crippen molar-refractivity contribution in [1.29, 1.82) is 0 Å². The summed E-state index contributed by atoms with van der Waals surface area (Å²) in [6, 6.07) is 16.4. The Labute approximate surface area is 164 Å². The number of hydrogen-bond acceptors (Lipinski definition) is 3. The first-order valence-electron chi connectivity index (χ1n) is 9.21. The highest BCUT2D eigenvalue weighted by molar-refractivity contribution is 9.10. The van der Waals surface area contributed by atoms with Gasteiger partial charge in [0.05, 0.1) is 6.54 Å². The lowest BCUT2D eigenvalue weighted by Gasteiger charge is -2.34. The van der Waals surface area contributed by atoms with Gasteiger partial charge in [-0.3, -0.25) is 14.6 Å². The lowest BCUT2D eigenvalue weighted by Crippen LogP contribution is -2.48. The van der Waals surface area contributed by atoms with Gasteiger partial charge >= 0.3 is 0 Å². The Balaban J connectivity index is 1.46. The average molecular weight is 416 g/mol. The molecule has 0 unspecified atom stereocenters. The molecule has 1 aliphatic heterocycles. The molecule has 2 aromatic rings. The van der Waals surface area contributed by atoms with Gasteiger partial charge in [-0.05, 0) is 29.7 Å². The maximum Gasteiger partial charge on any atom is 0.238 e. The number of nitrogens with one attached hydrogen (secondary N) is 1.